The van der Waals surface area contributed by atoms with Gasteiger partial charge in [-0.2, -0.15) is 0 Å². The molecule has 0 aliphatic rings. The summed E-state index contributed by atoms with van der Waals surface area (Å²) in [6.45, 7) is 0.166. The summed E-state index contributed by atoms with van der Waals surface area (Å²) in [4.78, 5) is 11.7. The van der Waals surface area contributed by atoms with Crippen LogP contribution in [0.15, 0.2) is 29.1 Å². The molecule has 0 atom stereocenters. The number of fused-ring (bicyclic) bond motifs is 1. The third kappa shape index (κ3) is 1.53. The molecule has 0 aliphatic heterocycles. The quantitative estimate of drug-likeness (QED) is 0.760. The fourth-order valence-electron chi connectivity index (χ4n) is 1.67. The minimum atomic E-state index is -0.316. The fraction of sp³-hybridized carbons (Fsp3) is 0.182. The molecule has 2 aromatic rings. The molecule has 1 aromatic carbocycles. The van der Waals surface area contributed by atoms with Crippen LogP contribution in [0.5, 0.6) is 0 Å². The fourth-order valence-corrected chi connectivity index (χ4v) is 1.67. The summed E-state index contributed by atoms with van der Waals surface area (Å²) in [5.74, 6) is -0.316. The van der Waals surface area contributed by atoms with Crippen molar-refractivity contribution in [2.24, 2.45) is 12.8 Å². The van der Waals surface area contributed by atoms with E-state index in [2.05, 4.69) is 0 Å². The summed E-state index contributed by atoms with van der Waals surface area (Å²) in [5.41, 5.74) is 6.52. The zero-order valence-corrected chi connectivity index (χ0v) is 8.33. The predicted octanol–water partition coefficient (Wildman–Crippen LogP) is 1.14. The lowest BCUT2D eigenvalue weighted by molar-refractivity contribution is 0.629. The Morgan fingerprint density at radius 1 is 1.40 bits per heavy atom. The Morgan fingerprint density at radius 2 is 2.13 bits per heavy atom. The van der Waals surface area contributed by atoms with Crippen molar-refractivity contribution in [2.45, 2.75) is 6.54 Å². The van der Waals surface area contributed by atoms with Crippen LogP contribution in [-0.2, 0) is 13.6 Å². The molecule has 0 amide bonds. The number of hydrogen-bond donors (Lipinski definition) is 1. The number of halogens is 1. The van der Waals surface area contributed by atoms with Gasteiger partial charge in [0.15, 0.2) is 0 Å². The van der Waals surface area contributed by atoms with Crippen molar-refractivity contribution in [3.05, 3.63) is 46.0 Å². The molecule has 0 saturated heterocycles. The van der Waals surface area contributed by atoms with E-state index in [9.17, 15) is 9.18 Å². The van der Waals surface area contributed by atoms with E-state index in [4.69, 9.17) is 5.73 Å². The van der Waals surface area contributed by atoms with E-state index in [1.54, 1.807) is 19.2 Å². The van der Waals surface area contributed by atoms with Crippen LogP contribution in [0.3, 0.4) is 0 Å². The van der Waals surface area contributed by atoms with Crippen molar-refractivity contribution in [2.75, 3.05) is 0 Å². The van der Waals surface area contributed by atoms with E-state index in [0.29, 0.717) is 16.5 Å². The molecule has 2 N–H and O–H groups in total. The van der Waals surface area contributed by atoms with Crippen molar-refractivity contribution in [1.29, 1.82) is 0 Å². The first-order chi connectivity index (χ1) is 7.13. The number of aryl methyl sites for hydroxylation is 1. The maximum Gasteiger partial charge on any atom is 0.255 e. The SMILES string of the molecule is Cn1c(=O)c(CN)cc2cc(F)ccc21. The average molecular weight is 206 g/mol. The molecule has 0 radical (unpaired) electrons. The molecule has 3 nitrogen and oxygen atoms in total. The number of aromatic nitrogens is 1. The van der Waals surface area contributed by atoms with E-state index < -0.39 is 0 Å². The Morgan fingerprint density at radius 3 is 2.80 bits per heavy atom. The second kappa shape index (κ2) is 3.47. The lowest BCUT2D eigenvalue weighted by Crippen LogP contribution is -2.23. The Bertz CT molecular complexity index is 575. The summed E-state index contributed by atoms with van der Waals surface area (Å²) >= 11 is 0. The van der Waals surface area contributed by atoms with Gasteiger partial charge in [-0.1, -0.05) is 0 Å². The highest BCUT2D eigenvalue weighted by Gasteiger charge is 2.05. The van der Waals surface area contributed by atoms with Crippen LogP contribution >= 0.6 is 0 Å². The van der Waals surface area contributed by atoms with Gasteiger partial charge in [-0.05, 0) is 24.3 Å². The second-order valence-electron chi connectivity index (χ2n) is 3.44. The lowest BCUT2D eigenvalue weighted by atomic mass is 10.1. The van der Waals surface area contributed by atoms with Crippen LogP contribution in [-0.4, -0.2) is 4.57 Å². The molecule has 0 fully saturated rings. The molecule has 15 heavy (non-hydrogen) atoms. The van der Waals surface area contributed by atoms with Gasteiger partial charge >= 0.3 is 0 Å². The van der Waals surface area contributed by atoms with Crippen molar-refractivity contribution in [3.63, 3.8) is 0 Å². The Labute approximate surface area is 85.9 Å². The van der Waals surface area contributed by atoms with Gasteiger partial charge in [0.05, 0.1) is 5.52 Å². The molecule has 0 aliphatic carbocycles. The minimum Gasteiger partial charge on any atom is -0.326 e. The van der Waals surface area contributed by atoms with Crippen molar-refractivity contribution in [3.8, 4) is 0 Å². The largest absolute Gasteiger partial charge is 0.326 e. The molecular formula is C11H11FN2O. The molecule has 0 spiro atoms. The highest BCUT2D eigenvalue weighted by Crippen LogP contribution is 2.14. The van der Waals surface area contributed by atoms with Gasteiger partial charge in [0.25, 0.3) is 5.56 Å². The highest BCUT2D eigenvalue weighted by atomic mass is 19.1. The standard InChI is InChI=1S/C11H11FN2O/c1-14-10-3-2-9(12)5-7(10)4-8(6-13)11(14)15/h2-5H,6,13H2,1H3. The van der Waals surface area contributed by atoms with Gasteiger partial charge in [-0.25, -0.2) is 4.39 Å². The molecule has 0 unspecified atom stereocenters. The van der Waals surface area contributed by atoms with Gasteiger partial charge in [0.2, 0.25) is 0 Å². The summed E-state index contributed by atoms with van der Waals surface area (Å²) in [6.07, 6.45) is 0. The minimum absolute atomic E-state index is 0.128. The van der Waals surface area contributed by atoms with E-state index in [-0.39, 0.29) is 17.9 Å². The van der Waals surface area contributed by atoms with Crippen LogP contribution in [0.4, 0.5) is 4.39 Å². The van der Waals surface area contributed by atoms with Gasteiger partial charge in [-0.3, -0.25) is 4.79 Å². The number of pyridine rings is 1. The van der Waals surface area contributed by atoms with Gasteiger partial charge in [-0.15, -0.1) is 0 Å². The first kappa shape index (κ1) is 9.86. The summed E-state index contributed by atoms with van der Waals surface area (Å²) < 4.78 is 14.5. The molecule has 0 saturated carbocycles. The smallest absolute Gasteiger partial charge is 0.255 e. The van der Waals surface area contributed by atoms with E-state index in [0.717, 1.165) is 0 Å². The zero-order chi connectivity index (χ0) is 11.0. The molecular weight excluding hydrogens is 195 g/mol. The summed E-state index contributed by atoms with van der Waals surface area (Å²) in [7, 11) is 1.65. The predicted molar refractivity (Wildman–Crippen MR) is 57.0 cm³/mol. The maximum atomic E-state index is 13.0. The van der Waals surface area contributed by atoms with Gasteiger partial charge < -0.3 is 10.3 Å². The van der Waals surface area contributed by atoms with E-state index in [1.807, 2.05) is 0 Å². The second-order valence-corrected chi connectivity index (χ2v) is 3.44. The first-order valence-corrected chi connectivity index (χ1v) is 4.61. The first-order valence-electron chi connectivity index (χ1n) is 4.61. The summed E-state index contributed by atoms with van der Waals surface area (Å²) in [5, 5.41) is 0.692. The monoisotopic (exact) mass is 206 g/mol. The number of hydrogen-bond acceptors (Lipinski definition) is 2. The molecule has 1 heterocycles. The van der Waals surface area contributed by atoms with Crippen LogP contribution < -0.4 is 11.3 Å². The van der Waals surface area contributed by atoms with E-state index >= 15 is 0 Å². The van der Waals surface area contributed by atoms with Crippen molar-refractivity contribution < 1.29 is 4.39 Å². The summed E-state index contributed by atoms with van der Waals surface area (Å²) in [6, 6.07) is 5.96. The van der Waals surface area contributed by atoms with Crippen molar-refractivity contribution in [1.82, 2.24) is 4.57 Å². The molecule has 4 heteroatoms. The maximum absolute atomic E-state index is 13.0. The normalized spacial score (nSPS) is 10.9. The topological polar surface area (TPSA) is 48.0 Å². The Kier molecular flexibility index (Phi) is 2.28. The van der Waals surface area contributed by atoms with Crippen molar-refractivity contribution >= 4 is 10.9 Å². The third-order valence-electron chi connectivity index (χ3n) is 2.48. The van der Waals surface area contributed by atoms with Crippen LogP contribution in [0, 0.1) is 5.82 Å². The van der Waals surface area contributed by atoms with Crippen LogP contribution in [0.2, 0.25) is 0 Å². The third-order valence-corrected chi connectivity index (χ3v) is 2.48. The molecule has 0 bridgehead atoms. The molecule has 2 rings (SSSR count). The number of benzene rings is 1. The average Bonchev–Trinajstić information content (AvgIpc) is 2.23. The van der Waals surface area contributed by atoms with Gasteiger partial charge in [0.1, 0.15) is 5.82 Å². The number of nitrogens with zero attached hydrogens (tertiary/aromatic N) is 1. The van der Waals surface area contributed by atoms with Gasteiger partial charge in [0, 0.05) is 24.5 Å². The lowest BCUT2D eigenvalue weighted by Gasteiger charge is -2.07. The zero-order valence-electron chi connectivity index (χ0n) is 8.33. The van der Waals surface area contributed by atoms with E-state index in [1.165, 1.54) is 16.7 Å². The molecule has 78 valence electrons. The van der Waals surface area contributed by atoms with Crippen LogP contribution in [0.25, 0.3) is 10.9 Å². The Balaban J connectivity index is 2.91. The number of rotatable bonds is 1. The van der Waals surface area contributed by atoms with Crippen LogP contribution in [0.1, 0.15) is 5.56 Å². The Hall–Kier alpha value is -1.68. The molecule has 1 aromatic heterocycles. The number of nitrogens with two attached hydrogens (primary N) is 1. The highest BCUT2D eigenvalue weighted by molar-refractivity contribution is 5.79.